The van der Waals surface area contributed by atoms with Gasteiger partial charge in [-0.3, -0.25) is 0 Å². The van der Waals surface area contributed by atoms with Crippen molar-refractivity contribution in [1.29, 1.82) is 0 Å². The summed E-state index contributed by atoms with van der Waals surface area (Å²) in [6, 6.07) is 13.3. The average Bonchev–Trinajstić information content (AvgIpc) is 3.02. The Balaban J connectivity index is 1.99. The SMILES string of the molecule is COc1ccc(-c2nc3c4cc(C)ccc4[nH]c(=O)n3n2)cc1. The van der Waals surface area contributed by atoms with Crippen molar-refractivity contribution >= 4 is 16.6 Å². The maximum absolute atomic E-state index is 12.2. The van der Waals surface area contributed by atoms with E-state index in [-0.39, 0.29) is 5.69 Å². The number of rotatable bonds is 2. The smallest absolute Gasteiger partial charge is 0.348 e. The molecule has 0 spiro atoms. The molecule has 1 N–H and O–H groups in total. The predicted molar refractivity (Wildman–Crippen MR) is 87.8 cm³/mol. The number of nitrogens with one attached hydrogen (secondary N) is 1. The molecule has 0 saturated heterocycles. The van der Waals surface area contributed by atoms with Crippen molar-refractivity contribution in [2.24, 2.45) is 0 Å². The largest absolute Gasteiger partial charge is 0.497 e. The average molecular weight is 306 g/mol. The number of aromatic nitrogens is 4. The molecular formula is C17H14N4O2. The molecule has 0 radical (unpaired) electrons. The van der Waals surface area contributed by atoms with E-state index in [1.165, 1.54) is 4.52 Å². The molecule has 0 fully saturated rings. The second-order valence-electron chi connectivity index (χ2n) is 5.38. The van der Waals surface area contributed by atoms with Crippen molar-refractivity contribution < 1.29 is 4.74 Å². The van der Waals surface area contributed by atoms with Crippen LogP contribution in [-0.2, 0) is 0 Å². The zero-order valence-electron chi connectivity index (χ0n) is 12.7. The summed E-state index contributed by atoms with van der Waals surface area (Å²) < 4.78 is 6.46. The van der Waals surface area contributed by atoms with Gasteiger partial charge in [0.1, 0.15) is 5.75 Å². The number of aromatic amines is 1. The highest BCUT2D eigenvalue weighted by Gasteiger charge is 2.12. The zero-order chi connectivity index (χ0) is 16.0. The van der Waals surface area contributed by atoms with E-state index >= 15 is 0 Å². The van der Waals surface area contributed by atoms with Gasteiger partial charge < -0.3 is 9.72 Å². The zero-order valence-corrected chi connectivity index (χ0v) is 12.7. The highest BCUT2D eigenvalue weighted by atomic mass is 16.5. The second-order valence-corrected chi connectivity index (χ2v) is 5.38. The molecule has 0 saturated carbocycles. The lowest BCUT2D eigenvalue weighted by molar-refractivity contribution is 0.415. The van der Waals surface area contributed by atoms with Crippen molar-refractivity contribution in [2.75, 3.05) is 7.11 Å². The molecule has 4 aromatic rings. The molecule has 0 amide bonds. The molecule has 2 heterocycles. The molecule has 4 rings (SSSR count). The summed E-state index contributed by atoms with van der Waals surface area (Å²) >= 11 is 0. The fraction of sp³-hybridized carbons (Fsp3) is 0.118. The third kappa shape index (κ3) is 2.15. The maximum atomic E-state index is 12.2. The number of fused-ring (bicyclic) bond motifs is 3. The third-order valence-electron chi connectivity index (χ3n) is 3.81. The van der Waals surface area contributed by atoms with Gasteiger partial charge in [0.25, 0.3) is 0 Å². The summed E-state index contributed by atoms with van der Waals surface area (Å²) in [5.74, 6) is 1.27. The molecule has 0 bridgehead atoms. The van der Waals surface area contributed by atoms with Gasteiger partial charge in [-0.15, -0.1) is 5.10 Å². The summed E-state index contributed by atoms with van der Waals surface area (Å²) in [6.07, 6.45) is 0. The summed E-state index contributed by atoms with van der Waals surface area (Å²) in [6.45, 7) is 2.00. The van der Waals surface area contributed by atoms with E-state index in [2.05, 4.69) is 15.1 Å². The Kier molecular flexibility index (Phi) is 2.90. The van der Waals surface area contributed by atoms with Crippen LogP contribution in [0.1, 0.15) is 5.56 Å². The van der Waals surface area contributed by atoms with Crippen LogP contribution in [0.15, 0.2) is 47.3 Å². The van der Waals surface area contributed by atoms with Crippen molar-refractivity contribution in [3.63, 3.8) is 0 Å². The van der Waals surface area contributed by atoms with Gasteiger partial charge in [-0.05, 0) is 43.3 Å². The highest BCUT2D eigenvalue weighted by Crippen LogP contribution is 2.22. The maximum Gasteiger partial charge on any atom is 0.348 e. The first-order valence-electron chi connectivity index (χ1n) is 7.19. The lowest BCUT2D eigenvalue weighted by atomic mass is 10.1. The van der Waals surface area contributed by atoms with E-state index in [0.717, 1.165) is 27.8 Å². The van der Waals surface area contributed by atoms with Gasteiger partial charge in [0.2, 0.25) is 0 Å². The standard InChI is InChI=1S/C17H14N4O2/c1-10-3-8-14-13(9-10)16-19-15(20-21(16)17(22)18-14)11-4-6-12(23-2)7-5-11/h3-9H,1-2H3,(H,18,22). The van der Waals surface area contributed by atoms with Crippen LogP contribution in [0, 0.1) is 6.92 Å². The van der Waals surface area contributed by atoms with E-state index in [0.29, 0.717) is 11.5 Å². The van der Waals surface area contributed by atoms with Gasteiger partial charge in [0, 0.05) is 10.9 Å². The normalized spacial score (nSPS) is 11.2. The minimum atomic E-state index is -0.302. The molecule has 0 aliphatic heterocycles. The number of hydrogen-bond acceptors (Lipinski definition) is 4. The van der Waals surface area contributed by atoms with Crippen molar-refractivity contribution in [3.8, 4) is 17.1 Å². The molecule has 23 heavy (non-hydrogen) atoms. The molecule has 0 aliphatic carbocycles. The molecule has 0 atom stereocenters. The number of nitrogens with zero attached hydrogens (tertiary/aromatic N) is 3. The Bertz CT molecular complexity index is 1080. The van der Waals surface area contributed by atoms with Gasteiger partial charge in [-0.1, -0.05) is 11.6 Å². The van der Waals surface area contributed by atoms with Crippen LogP contribution >= 0.6 is 0 Å². The molecule has 114 valence electrons. The molecular weight excluding hydrogens is 292 g/mol. The van der Waals surface area contributed by atoms with Crippen LogP contribution in [0.3, 0.4) is 0 Å². The number of benzene rings is 2. The molecule has 2 aromatic carbocycles. The number of H-pyrrole nitrogens is 1. The summed E-state index contributed by atoms with van der Waals surface area (Å²) in [5, 5.41) is 5.21. The highest BCUT2D eigenvalue weighted by molar-refractivity contribution is 5.91. The van der Waals surface area contributed by atoms with E-state index in [1.807, 2.05) is 49.4 Å². The van der Waals surface area contributed by atoms with Gasteiger partial charge in [-0.25, -0.2) is 9.78 Å². The Morgan fingerprint density at radius 1 is 1.13 bits per heavy atom. The summed E-state index contributed by atoms with van der Waals surface area (Å²) in [5.41, 5.74) is 2.93. The fourth-order valence-corrected chi connectivity index (χ4v) is 2.61. The first kappa shape index (κ1) is 13.5. The fourth-order valence-electron chi connectivity index (χ4n) is 2.61. The lowest BCUT2D eigenvalue weighted by Crippen LogP contribution is -2.17. The van der Waals surface area contributed by atoms with Crippen LogP contribution in [0.2, 0.25) is 0 Å². The Morgan fingerprint density at radius 2 is 1.91 bits per heavy atom. The number of aryl methyl sites for hydroxylation is 1. The molecule has 6 heteroatoms. The van der Waals surface area contributed by atoms with Crippen LogP contribution in [0.4, 0.5) is 0 Å². The van der Waals surface area contributed by atoms with Crippen LogP contribution in [-0.4, -0.2) is 26.7 Å². The Labute approximate surface area is 131 Å². The molecule has 2 aromatic heterocycles. The van der Waals surface area contributed by atoms with E-state index in [9.17, 15) is 4.79 Å². The molecule has 0 aliphatic rings. The van der Waals surface area contributed by atoms with Crippen molar-refractivity contribution in [1.82, 2.24) is 19.6 Å². The minimum absolute atomic E-state index is 0.302. The van der Waals surface area contributed by atoms with Crippen LogP contribution < -0.4 is 10.4 Å². The number of ether oxygens (including phenoxy) is 1. The summed E-state index contributed by atoms with van der Waals surface area (Å²) in [7, 11) is 1.62. The molecule has 0 unspecified atom stereocenters. The van der Waals surface area contributed by atoms with E-state index in [1.54, 1.807) is 7.11 Å². The Morgan fingerprint density at radius 3 is 2.65 bits per heavy atom. The second kappa shape index (κ2) is 4.95. The van der Waals surface area contributed by atoms with Crippen molar-refractivity contribution in [2.45, 2.75) is 6.92 Å². The van der Waals surface area contributed by atoms with Gasteiger partial charge in [0.15, 0.2) is 11.5 Å². The molecule has 6 nitrogen and oxygen atoms in total. The van der Waals surface area contributed by atoms with Crippen molar-refractivity contribution in [3.05, 3.63) is 58.5 Å². The Hall–Kier alpha value is -3.15. The third-order valence-corrected chi connectivity index (χ3v) is 3.81. The quantitative estimate of drug-likeness (QED) is 0.618. The first-order chi connectivity index (χ1) is 11.2. The van der Waals surface area contributed by atoms with Gasteiger partial charge >= 0.3 is 5.69 Å². The monoisotopic (exact) mass is 306 g/mol. The topological polar surface area (TPSA) is 72.3 Å². The van der Waals surface area contributed by atoms with Crippen LogP contribution in [0.25, 0.3) is 27.9 Å². The number of methoxy groups -OCH3 is 1. The lowest BCUT2D eigenvalue weighted by Gasteiger charge is -2.00. The van der Waals surface area contributed by atoms with Gasteiger partial charge in [0.05, 0.1) is 12.6 Å². The first-order valence-corrected chi connectivity index (χ1v) is 7.19. The van der Waals surface area contributed by atoms with Gasteiger partial charge in [-0.2, -0.15) is 4.52 Å². The van der Waals surface area contributed by atoms with Crippen LogP contribution in [0.5, 0.6) is 5.75 Å². The minimum Gasteiger partial charge on any atom is -0.497 e. The van der Waals surface area contributed by atoms with E-state index < -0.39 is 0 Å². The van der Waals surface area contributed by atoms with E-state index in [4.69, 9.17) is 4.74 Å². The summed E-state index contributed by atoms with van der Waals surface area (Å²) in [4.78, 5) is 19.6. The predicted octanol–water partition coefficient (Wildman–Crippen LogP) is 2.55. The number of hydrogen-bond donors (Lipinski definition) is 1.